The molecule has 7 nitrogen and oxygen atoms in total. The Bertz CT molecular complexity index is 965. The van der Waals surface area contributed by atoms with Gasteiger partial charge in [0.1, 0.15) is 0 Å². The summed E-state index contributed by atoms with van der Waals surface area (Å²) in [7, 11) is 2.93. The summed E-state index contributed by atoms with van der Waals surface area (Å²) >= 11 is 0. The molecule has 7 heteroatoms. The molecular formula is C23H28N2O5. The van der Waals surface area contributed by atoms with Gasteiger partial charge in [-0.25, -0.2) is 0 Å². The lowest BCUT2D eigenvalue weighted by Gasteiger charge is -2.22. The predicted molar refractivity (Wildman–Crippen MR) is 114 cm³/mol. The van der Waals surface area contributed by atoms with Crippen LogP contribution in [-0.4, -0.2) is 37.2 Å². The van der Waals surface area contributed by atoms with Crippen LogP contribution in [0.4, 0.5) is 5.69 Å². The lowest BCUT2D eigenvalue weighted by atomic mass is 9.95. The minimum atomic E-state index is -0.702. The van der Waals surface area contributed by atoms with Gasteiger partial charge in [0, 0.05) is 17.4 Å². The quantitative estimate of drug-likeness (QED) is 0.701. The molecule has 0 bridgehead atoms. The number of benzene rings is 2. The Morgan fingerprint density at radius 2 is 1.80 bits per heavy atom. The summed E-state index contributed by atoms with van der Waals surface area (Å²) in [6.45, 7) is 5.38. The molecule has 0 unspecified atom stereocenters. The standard InChI is InChI=1S/C23H28N2O5/c1-23(2,3)22(28)24-16-10-14(12-18(29-4)20(16)30-5)21(27)25-19-15-9-7-6-8-13(15)11-17(19)26/h6-10,12,17,19,26H,11H2,1-5H3,(H,24,28)(H,25,27)/t17-,19+/m1/s1. The van der Waals surface area contributed by atoms with Gasteiger partial charge in [-0.2, -0.15) is 0 Å². The number of methoxy groups -OCH3 is 2. The zero-order valence-corrected chi connectivity index (χ0v) is 17.9. The highest BCUT2D eigenvalue weighted by Gasteiger charge is 2.32. The first-order chi connectivity index (χ1) is 14.2. The third-order valence-corrected chi connectivity index (χ3v) is 5.16. The van der Waals surface area contributed by atoms with Gasteiger partial charge >= 0.3 is 0 Å². The molecule has 0 heterocycles. The molecule has 2 atom stereocenters. The summed E-state index contributed by atoms with van der Waals surface area (Å²) in [6, 6.07) is 10.2. The van der Waals surface area contributed by atoms with Crippen molar-refractivity contribution in [1.82, 2.24) is 5.32 Å². The van der Waals surface area contributed by atoms with Crippen LogP contribution >= 0.6 is 0 Å². The average molecular weight is 412 g/mol. The molecular weight excluding hydrogens is 384 g/mol. The van der Waals surface area contributed by atoms with Crippen LogP contribution in [0.15, 0.2) is 36.4 Å². The fourth-order valence-corrected chi connectivity index (χ4v) is 3.47. The lowest BCUT2D eigenvalue weighted by molar-refractivity contribution is -0.123. The summed E-state index contributed by atoms with van der Waals surface area (Å²) in [5.74, 6) is 0.0446. The first-order valence-electron chi connectivity index (χ1n) is 9.80. The van der Waals surface area contributed by atoms with E-state index in [4.69, 9.17) is 9.47 Å². The summed E-state index contributed by atoms with van der Waals surface area (Å²) in [6.07, 6.45) is -0.216. The molecule has 0 fully saturated rings. The normalized spacial score (nSPS) is 17.8. The van der Waals surface area contributed by atoms with E-state index >= 15 is 0 Å². The number of ether oxygens (including phenoxy) is 2. The van der Waals surface area contributed by atoms with Crippen LogP contribution in [0.25, 0.3) is 0 Å². The molecule has 3 N–H and O–H groups in total. The molecule has 2 aromatic carbocycles. The molecule has 0 radical (unpaired) electrons. The zero-order valence-electron chi connectivity index (χ0n) is 17.9. The monoisotopic (exact) mass is 412 g/mol. The number of hydrogen-bond acceptors (Lipinski definition) is 5. The molecule has 0 aromatic heterocycles. The highest BCUT2D eigenvalue weighted by Crippen LogP contribution is 2.38. The van der Waals surface area contributed by atoms with E-state index in [0.717, 1.165) is 11.1 Å². The number of hydrogen-bond donors (Lipinski definition) is 3. The maximum Gasteiger partial charge on any atom is 0.252 e. The van der Waals surface area contributed by atoms with Gasteiger partial charge in [-0.1, -0.05) is 45.0 Å². The number of amides is 2. The van der Waals surface area contributed by atoms with Crippen molar-refractivity contribution in [2.45, 2.75) is 39.3 Å². The van der Waals surface area contributed by atoms with Crippen LogP contribution in [-0.2, 0) is 11.2 Å². The Hall–Kier alpha value is -3.06. The lowest BCUT2D eigenvalue weighted by Crippen LogP contribution is -2.34. The summed E-state index contributed by atoms with van der Waals surface area (Å²) in [5, 5.41) is 16.2. The molecule has 1 aliphatic carbocycles. The van der Waals surface area contributed by atoms with Crippen molar-refractivity contribution >= 4 is 17.5 Å². The Labute approximate surface area is 176 Å². The molecule has 2 amide bonds. The number of nitrogens with one attached hydrogen (secondary N) is 2. The minimum Gasteiger partial charge on any atom is -0.493 e. The second-order valence-electron chi connectivity index (χ2n) is 8.38. The van der Waals surface area contributed by atoms with Crippen molar-refractivity contribution in [2.24, 2.45) is 5.41 Å². The molecule has 1 aliphatic rings. The van der Waals surface area contributed by atoms with Gasteiger partial charge in [-0.15, -0.1) is 0 Å². The van der Waals surface area contributed by atoms with Gasteiger partial charge in [-0.3, -0.25) is 9.59 Å². The van der Waals surface area contributed by atoms with E-state index in [1.807, 2.05) is 24.3 Å². The van der Waals surface area contributed by atoms with Crippen molar-refractivity contribution in [3.8, 4) is 11.5 Å². The van der Waals surface area contributed by atoms with Crippen LogP contribution < -0.4 is 20.1 Å². The fraction of sp³-hybridized carbons (Fsp3) is 0.391. The topological polar surface area (TPSA) is 96.9 Å². The SMILES string of the molecule is COc1cc(C(=O)N[C@H]2c3ccccc3C[C@H]2O)cc(NC(=O)C(C)(C)C)c1OC. The molecule has 0 saturated heterocycles. The van der Waals surface area contributed by atoms with E-state index in [-0.39, 0.29) is 17.4 Å². The van der Waals surface area contributed by atoms with E-state index < -0.39 is 17.6 Å². The number of rotatable bonds is 5. The minimum absolute atomic E-state index is 0.222. The smallest absolute Gasteiger partial charge is 0.252 e. The van der Waals surface area contributed by atoms with Crippen molar-refractivity contribution in [1.29, 1.82) is 0 Å². The van der Waals surface area contributed by atoms with Crippen LogP contribution in [0, 0.1) is 5.41 Å². The second-order valence-corrected chi connectivity index (χ2v) is 8.38. The Morgan fingerprint density at radius 3 is 2.43 bits per heavy atom. The van der Waals surface area contributed by atoms with Crippen molar-refractivity contribution in [3.05, 3.63) is 53.1 Å². The highest BCUT2D eigenvalue weighted by atomic mass is 16.5. The van der Waals surface area contributed by atoms with Crippen molar-refractivity contribution in [2.75, 3.05) is 19.5 Å². The van der Waals surface area contributed by atoms with Gasteiger partial charge in [0.2, 0.25) is 5.91 Å². The number of aliphatic hydroxyl groups is 1. The molecule has 3 rings (SSSR count). The fourth-order valence-electron chi connectivity index (χ4n) is 3.47. The summed E-state index contributed by atoms with van der Waals surface area (Å²) in [4.78, 5) is 25.5. The third kappa shape index (κ3) is 4.26. The second kappa shape index (κ2) is 8.36. The van der Waals surface area contributed by atoms with E-state index in [2.05, 4.69) is 10.6 Å². The molecule has 0 aliphatic heterocycles. The van der Waals surface area contributed by atoms with E-state index in [1.165, 1.54) is 14.2 Å². The summed E-state index contributed by atoms with van der Waals surface area (Å²) < 4.78 is 10.8. The third-order valence-electron chi connectivity index (χ3n) is 5.16. The van der Waals surface area contributed by atoms with Gasteiger partial charge in [0.05, 0.1) is 32.1 Å². The van der Waals surface area contributed by atoms with Gasteiger partial charge in [-0.05, 0) is 23.3 Å². The molecule has 0 saturated carbocycles. The van der Waals surface area contributed by atoms with Crippen LogP contribution in [0.5, 0.6) is 11.5 Å². The van der Waals surface area contributed by atoms with Gasteiger partial charge in [0.25, 0.3) is 5.91 Å². The van der Waals surface area contributed by atoms with Gasteiger partial charge in [0.15, 0.2) is 11.5 Å². The number of aliphatic hydroxyl groups excluding tert-OH is 1. The highest BCUT2D eigenvalue weighted by molar-refractivity contribution is 6.00. The molecule has 160 valence electrons. The van der Waals surface area contributed by atoms with Crippen LogP contribution in [0.1, 0.15) is 48.3 Å². The average Bonchev–Trinajstić information content (AvgIpc) is 3.01. The van der Waals surface area contributed by atoms with Crippen LogP contribution in [0.3, 0.4) is 0 Å². The summed E-state index contributed by atoms with van der Waals surface area (Å²) in [5.41, 5.74) is 1.91. The van der Waals surface area contributed by atoms with Crippen molar-refractivity contribution in [3.63, 3.8) is 0 Å². The number of anilines is 1. The first kappa shape index (κ1) is 21.6. The number of carbonyl (C=O) groups is 2. The number of fused-ring (bicyclic) bond motifs is 1. The Balaban J connectivity index is 1.92. The van der Waals surface area contributed by atoms with E-state index in [1.54, 1.807) is 32.9 Å². The largest absolute Gasteiger partial charge is 0.493 e. The van der Waals surface area contributed by atoms with E-state index in [9.17, 15) is 14.7 Å². The van der Waals surface area contributed by atoms with Crippen molar-refractivity contribution < 1.29 is 24.2 Å². The zero-order chi connectivity index (χ0) is 22.1. The van der Waals surface area contributed by atoms with Gasteiger partial charge < -0.3 is 25.2 Å². The maximum absolute atomic E-state index is 13.0. The Morgan fingerprint density at radius 1 is 1.10 bits per heavy atom. The maximum atomic E-state index is 13.0. The molecule has 0 spiro atoms. The van der Waals surface area contributed by atoms with Crippen LogP contribution in [0.2, 0.25) is 0 Å². The first-order valence-corrected chi connectivity index (χ1v) is 9.80. The molecule has 2 aromatic rings. The van der Waals surface area contributed by atoms with E-state index in [0.29, 0.717) is 23.6 Å². The molecule has 30 heavy (non-hydrogen) atoms. The Kier molecular flexibility index (Phi) is 6.03. The number of carbonyl (C=O) groups excluding carboxylic acids is 2. The predicted octanol–water partition coefficient (Wildman–Crippen LogP) is 3.08.